The van der Waals surface area contributed by atoms with E-state index in [1.54, 1.807) is 12.1 Å². The standard InChI is InChI=1S/C25H15NO3/c27-25-17-10-4-6-12-21(17)28-23-15-20-24(14-18(23)25)29-22-13-7-5-11-19(22)26(20)16-8-2-1-3-9-16/h1-15H. The van der Waals surface area contributed by atoms with Gasteiger partial charge >= 0.3 is 0 Å². The van der Waals surface area contributed by atoms with Crippen LogP contribution >= 0.6 is 0 Å². The van der Waals surface area contributed by atoms with Crippen molar-refractivity contribution in [3.05, 3.63) is 101 Å². The molecule has 4 nitrogen and oxygen atoms in total. The second-order valence-electron chi connectivity index (χ2n) is 6.98. The smallest absolute Gasteiger partial charge is 0.200 e. The molecule has 0 saturated heterocycles. The molecule has 0 unspecified atom stereocenters. The zero-order chi connectivity index (χ0) is 19.4. The summed E-state index contributed by atoms with van der Waals surface area (Å²) in [6, 6.07) is 28.9. The van der Waals surface area contributed by atoms with E-state index < -0.39 is 0 Å². The van der Waals surface area contributed by atoms with E-state index in [4.69, 9.17) is 9.15 Å². The molecule has 0 aliphatic carbocycles. The van der Waals surface area contributed by atoms with Crippen LogP contribution in [0.5, 0.6) is 11.5 Å². The van der Waals surface area contributed by atoms with Gasteiger partial charge < -0.3 is 14.1 Å². The number of fused-ring (bicyclic) bond motifs is 4. The molecule has 2 heterocycles. The van der Waals surface area contributed by atoms with Gasteiger partial charge in [-0.05, 0) is 42.5 Å². The van der Waals surface area contributed by atoms with Crippen molar-refractivity contribution < 1.29 is 9.15 Å². The Balaban J connectivity index is 1.69. The molecule has 0 spiro atoms. The minimum Gasteiger partial charge on any atom is -0.456 e. The quantitative estimate of drug-likeness (QED) is 0.306. The van der Waals surface area contributed by atoms with Gasteiger partial charge in [0.1, 0.15) is 11.2 Å². The van der Waals surface area contributed by atoms with Crippen molar-refractivity contribution in [3.8, 4) is 11.5 Å². The number of benzene rings is 4. The van der Waals surface area contributed by atoms with Gasteiger partial charge in [0, 0.05) is 11.8 Å². The molecule has 0 saturated carbocycles. The molecule has 0 amide bonds. The predicted octanol–water partition coefficient (Wildman–Crippen LogP) is 6.52. The van der Waals surface area contributed by atoms with Crippen LogP contribution in [0.25, 0.3) is 21.9 Å². The third-order valence-corrected chi connectivity index (χ3v) is 5.24. The van der Waals surface area contributed by atoms with Crippen LogP contribution in [0.15, 0.2) is 100 Å². The summed E-state index contributed by atoms with van der Waals surface area (Å²) in [6.07, 6.45) is 0. The summed E-state index contributed by atoms with van der Waals surface area (Å²) in [5.74, 6) is 1.37. The fraction of sp³-hybridized carbons (Fsp3) is 0. The van der Waals surface area contributed by atoms with Crippen LogP contribution in [-0.4, -0.2) is 0 Å². The fourth-order valence-corrected chi connectivity index (χ4v) is 3.91. The summed E-state index contributed by atoms with van der Waals surface area (Å²) in [4.78, 5) is 15.2. The first-order chi connectivity index (χ1) is 14.3. The van der Waals surface area contributed by atoms with Crippen molar-refractivity contribution in [1.82, 2.24) is 0 Å². The lowest BCUT2D eigenvalue weighted by Crippen LogP contribution is -2.16. The molecule has 1 aliphatic rings. The average Bonchev–Trinajstić information content (AvgIpc) is 2.77. The predicted molar refractivity (Wildman–Crippen MR) is 115 cm³/mol. The normalized spacial score (nSPS) is 12.5. The average molecular weight is 377 g/mol. The molecule has 4 heteroatoms. The zero-order valence-corrected chi connectivity index (χ0v) is 15.3. The van der Waals surface area contributed by atoms with E-state index in [-0.39, 0.29) is 5.43 Å². The number of rotatable bonds is 1. The molecule has 1 aliphatic heterocycles. The van der Waals surface area contributed by atoms with Crippen molar-refractivity contribution in [2.24, 2.45) is 0 Å². The Morgan fingerprint density at radius 2 is 1.38 bits per heavy atom. The van der Waals surface area contributed by atoms with Crippen LogP contribution in [0.2, 0.25) is 0 Å². The van der Waals surface area contributed by atoms with E-state index >= 15 is 0 Å². The van der Waals surface area contributed by atoms with Crippen molar-refractivity contribution in [1.29, 1.82) is 0 Å². The molecule has 4 aromatic carbocycles. The summed E-state index contributed by atoms with van der Waals surface area (Å²) in [5.41, 5.74) is 3.84. The highest BCUT2D eigenvalue weighted by Crippen LogP contribution is 2.51. The minimum atomic E-state index is -0.0571. The van der Waals surface area contributed by atoms with Gasteiger partial charge in [-0.1, -0.05) is 42.5 Å². The van der Waals surface area contributed by atoms with Gasteiger partial charge in [-0.25, -0.2) is 0 Å². The second-order valence-corrected chi connectivity index (χ2v) is 6.98. The SMILES string of the molecule is O=c1c2ccccc2oc2cc3c(cc12)Oc1ccccc1N3c1ccccc1. The van der Waals surface area contributed by atoms with Crippen molar-refractivity contribution >= 4 is 39.0 Å². The van der Waals surface area contributed by atoms with E-state index in [0.29, 0.717) is 27.7 Å². The van der Waals surface area contributed by atoms with Gasteiger partial charge in [0.25, 0.3) is 0 Å². The third-order valence-electron chi connectivity index (χ3n) is 5.24. The van der Waals surface area contributed by atoms with Gasteiger partial charge in [-0.15, -0.1) is 0 Å². The number of anilines is 3. The van der Waals surface area contributed by atoms with Gasteiger partial charge in [0.05, 0.1) is 22.1 Å². The first kappa shape index (κ1) is 16.0. The van der Waals surface area contributed by atoms with E-state index in [1.807, 2.05) is 78.9 Å². The van der Waals surface area contributed by atoms with Gasteiger partial charge in [0.2, 0.25) is 5.43 Å². The maximum atomic E-state index is 13.0. The molecule has 0 N–H and O–H groups in total. The van der Waals surface area contributed by atoms with Crippen LogP contribution in [-0.2, 0) is 0 Å². The molecule has 6 rings (SSSR count). The number of para-hydroxylation sites is 4. The Bertz CT molecular complexity index is 1450. The van der Waals surface area contributed by atoms with Crippen LogP contribution in [0.4, 0.5) is 17.1 Å². The number of hydrogen-bond donors (Lipinski definition) is 0. The Hall–Kier alpha value is -4.05. The van der Waals surface area contributed by atoms with Gasteiger partial charge in [-0.3, -0.25) is 4.79 Å². The highest BCUT2D eigenvalue weighted by atomic mass is 16.5. The lowest BCUT2D eigenvalue weighted by Gasteiger charge is -2.32. The Morgan fingerprint density at radius 1 is 0.621 bits per heavy atom. The molecule has 0 fully saturated rings. The monoisotopic (exact) mass is 377 g/mol. The van der Waals surface area contributed by atoms with E-state index in [2.05, 4.69) is 4.90 Å². The van der Waals surface area contributed by atoms with Crippen LogP contribution in [0.1, 0.15) is 0 Å². The number of ether oxygens (including phenoxy) is 1. The lowest BCUT2D eigenvalue weighted by atomic mass is 10.1. The van der Waals surface area contributed by atoms with Crippen LogP contribution in [0.3, 0.4) is 0 Å². The first-order valence-electron chi connectivity index (χ1n) is 9.41. The molecule has 5 aromatic rings. The van der Waals surface area contributed by atoms with E-state index in [9.17, 15) is 4.79 Å². The largest absolute Gasteiger partial charge is 0.456 e. The molecular weight excluding hydrogens is 362 g/mol. The van der Waals surface area contributed by atoms with Crippen molar-refractivity contribution in [2.75, 3.05) is 4.90 Å². The van der Waals surface area contributed by atoms with E-state index in [1.165, 1.54) is 0 Å². The highest BCUT2D eigenvalue weighted by Gasteiger charge is 2.27. The first-order valence-corrected chi connectivity index (χ1v) is 9.41. The summed E-state index contributed by atoms with van der Waals surface area (Å²) < 4.78 is 12.3. The number of hydrogen-bond acceptors (Lipinski definition) is 4. The molecule has 29 heavy (non-hydrogen) atoms. The van der Waals surface area contributed by atoms with Gasteiger partial charge in [-0.2, -0.15) is 0 Å². The van der Waals surface area contributed by atoms with Crippen molar-refractivity contribution in [3.63, 3.8) is 0 Å². The number of nitrogens with zero attached hydrogens (tertiary/aromatic N) is 1. The summed E-state index contributed by atoms with van der Waals surface area (Å²) in [6.45, 7) is 0. The molecule has 0 atom stereocenters. The summed E-state index contributed by atoms with van der Waals surface area (Å²) in [7, 11) is 0. The molecule has 1 aromatic heterocycles. The van der Waals surface area contributed by atoms with Gasteiger partial charge in [0.15, 0.2) is 11.5 Å². The third kappa shape index (κ3) is 2.36. The van der Waals surface area contributed by atoms with Crippen LogP contribution in [0, 0.1) is 0 Å². The van der Waals surface area contributed by atoms with Crippen molar-refractivity contribution in [2.45, 2.75) is 0 Å². The summed E-state index contributed by atoms with van der Waals surface area (Å²) in [5, 5.41) is 1.07. The molecule has 0 radical (unpaired) electrons. The topological polar surface area (TPSA) is 42.7 Å². The zero-order valence-electron chi connectivity index (χ0n) is 15.3. The summed E-state index contributed by atoms with van der Waals surface area (Å²) >= 11 is 0. The Labute approximate surface area is 166 Å². The second kappa shape index (κ2) is 5.97. The fourth-order valence-electron chi connectivity index (χ4n) is 3.91. The highest BCUT2D eigenvalue weighted by molar-refractivity contribution is 5.96. The minimum absolute atomic E-state index is 0.0571. The van der Waals surface area contributed by atoms with Crippen LogP contribution < -0.4 is 15.1 Å². The van der Waals surface area contributed by atoms with E-state index in [0.717, 1.165) is 22.8 Å². The maximum absolute atomic E-state index is 13.0. The molecular formula is C25H15NO3. The lowest BCUT2D eigenvalue weighted by molar-refractivity contribution is 0.477. The molecule has 0 bridgehead atoms. The Kier molecular flexibility index (Phi) is 3.29. The maximum Gasteiger partial charge on any atom is 0.200 e. The molecule has 138 valence electrons. The Morgan fingerprint density at radius 3 is 2.28 bits per heavy atom.